The number of nitrogens with zero attached hydrogens (tertiary/aromatic N) is 3. The molecule has 1 heterocycles. The predicted octanol–water partition coefficient (Wildman–Crippen LogP) is 2.18. The second-order valence-electron chi connectivity index (χ2n) is 4.79. The highest BCUT2D eigenvalue weighted by molar-refractivity contribution is 5.79. The minimum absolute atomic E-state index is 0.0440. The first-order valence-corrected chi connectivity index (χ1v) is 6.69. The van der Waals surface area contributed by atoms with Crippen LogP contribution in [0.3, 0.4) is 0 Å². The molecule has 0 aliphatic rings. The standard InChI is InChI=1S/C14H15F3N4O2/c1-9(21-8-18-7-20-21)13(22)19-6-10-3-4-11(23-2)5-12(10)14(15,16)17/h3-5,7-9H,6H2,1-2H3,(H,19,22)/t9-/m1/s1. The summed E-state index contributed by atoms with van der Waals surface area (Å²) in [4.78, 5) is 15.7. The van der Waals surface area contributed by atoms with Gasteiger partial charge in [-0.05, 0) is 24.6 Å². The molecule has 0 saturated heterocycles. The van der Waals surface area contributed by atoms with Gasteiger partial charge in [0.15, 0.2) is 0 Å². The van der Waals surface area contributed by atoms with Crippen LogP contribution in [0.1, 0.15) is 24.1 Å². The maximum absolute atomic E-state index is 13.1. The van der Waals surface area contributed by atoms with Crippen molar-refractivity contribution in [2.45, 2.75) is 25.7 Å². The third-order valence-corrected chi connectivity index (χ3v) is 3.29. The molecule has 0 unspecified atom stereocenters. The first kappa shape index (κ1) is 16.8. The molecule has 0 aliphatic heterocycles. The van der Waals surface area contributed by atoms with Gasteiger partial charge >= 0.3 is 6.18 Å². The molecule has 23 heavy (non-hydrogen) atoms. The number of benzene rings is 1. The lowest BCUT2D eigenvalue weighted by atomic mass is 10.1. The van der Waals surface area contributed by atoms with Crippen LogP contribution in [-0.4, -0.2) is 27.8 Å². The quantitative estimate of drug-likeness (QED) is 0.913. The van der Waals surface area contributed by atoms with Gasteiger partial charge in [0.05, 0.1) is 12.7 Å². The van der Waals surface area contributed by atoms with Crippen molar-refractivity contribution in [1.82, 2.24) is 20.1 Å². The summed E-state index contributed by atoms with van der Waals surface area (Å²) in [5.74, 6) is -0.358. The van der Waals surface area contributed by atoms with Crippen LogP contribution in [0.15, 0.2) is 30.9 Å². The van der Waals surface area contributed by atoms with Crippen molar-refractivity contribution >= 4 is 5.91 Å². The Labute approximate surface area is 130 Å². The van der Waals surface area contributed by atoms with Gasteiger partial charge in [-0.1, -0.05) is 6.07 Å². The van der Waals surface area contributed by atoms with Crippen LogP contribution in [0.2, 0.25) is 0 Å². The minimum Gasteiger partial charge on any atom is -0.497 e. The SMILES string of the molecule is COc1ccc(CNC(=O)[C@@H](C)n2cncn2)c(C(F)(F)F)c1. The molecule has 0 saturated carbocycles. The Morgan fingerprint density at radius 2 is 2.17 bits per heavy atom. The summed E-state index contributed by atoms with van der Waals surface area (Å²) in [6.45, 7) is 1.32. The molecule has 1 aromatic heterocycles. The van der Waals surface area contributed by atoms with Crippen LogP contribution < -0.4 is 10.1 Å². The molecular weight excluding hydrogens is 313 g/mol. The Balaban J connectivity index is 2.12. The number of nitrogens with one attached hydrogen (secondary N) is 1. The average Bonchev–Trinajstić information content (AvgIpc) is 3.05. The zero-order valence-corrected chi connectivity index (χ0v) is 12.5. The number of hydrogen-bond donors (Lipinski definition) is 1. The summed E-state index contributed by atoms with van der Waals surface area (Å²) in [6, 6.07) is 2.92. The van der Waals surface area contributed by atoms with Crippen LogP contribution in [0.25, 0.3) is 0 Å². The summed E-state index contributed by atoms with van der Waals surface area (Å²) >= 11 is 0. The van der Waals surface area contributed by atoms with Crippen molar-refractivity contribution in [1.29, 1.82) is 0 Å². The van der Waals surface area contributed by atoms with E-state index < -0.39 is 23.7 Å². The zero-order valence-electron chi connectivity index (χ0n) is 12.5. The molecule has 2 aromatic rings. The third kappa shape index (κ3) is 3.99. The van der Waals surface area contributed by atoms with Crippen LogP contribution in [0, 0.1) is 0 Å². The Morgan fingerprint density at radius 1 is 1.43 bits per heavy atom. The number of aromatic nitrogens is 3. The fourth-order valence-electron chi connectivity index (χ4n) is 1.97. The summed E-state index contributed by atoms with van der Waals surface area (Å²) in [5.41, 5.74) is -0.886. The minimum atomic E-state index is -4.54. The van der Waals surface area contributed by atoms with Crippen molar-refractivity contribution in [2.75, 3.05) is 7.11 Å². The number of methoxy groups -OCH3 is 1. The second-order valence-corrected chi connectivity index (χ2v) is 4.79. The third-order valence-electron chi connectivity index (χ3n) is 3.29. The molecule has 1 atom stereocenters. The number of halogens is 3. The van der Waals surface area contributed by atoms with Crippen molar-refractivity contribution in [3.05, 3.63) is 42.0 Å². The molecule has 9 heteroatoms. The van der Waals surface area contributed by atoms with Gasteiger partial charge in [0, 0.05) is 6.54 Å². The number of alkyl halides is 3. The molecule has 1 N–H and O–H groups in total. The van der Waals surface area contributed by atoms with Gasteiger partial charge in [-0.3, -0.25) is 4.79 Å². The highest BCUT2D eigenvalue weighted by atomic mass is 19.4. The van der Waals surface area contributed by atoms with E-state index in [-0.39, 0.29) is 17.9 Å². The molecule has 0 radical (unpaired) electrons. The number of ether oxygens (including phenoxy) is 1. The predicted molar refractivity (Wildman–Crippen MR) is 74.6 cm³/mol. The number of hydrogen-bond acceptors (Lipinski definition) is 4. The van der Waals surface area contributed by atoms with E-state index >= 15 is 0 Å². The lowest BCUT2D eigenvalue weighted by molar-refractivity contribution is -0.138. The van der Waals surface area contributed by atoms with E-state index in [1.54, 1.807) is 6.92 Å². The monoisotopic (exact) mass is 328 g/mol. The fraction of sp³-hybridized carbons (Fsp3) is 0.357. The van der Waals surface area contributed by atoms with Gasteiger partial charge < -0.3 is 10.1 Å². The van der Waals surface area contributed by atoms with Crippen molar-refractivity contribution in [3.63, 3.8) is 0 Å². The highest BCUT2D eigenvalue weighted by Crippen LogP contribution is 2.34. The largest absolute Gasteiger partial charge is 0.497 e. The maximum Gasteiger partial charge on any atom is 0.416 e. The van der Waals surface area contributed by atoms with E-state index in [1.165, 1.54) is 36.6 Å². The van der Waals surface area contributed by atoms with E-state index in [0.717, 1.165) is 6.07 Å². The molecule has 0 aliphatic carbocycles. The highest BCUT2D eigenvalue weighted by Gasteiger charge is 2.34. The number of carbonyl (C=O) groups is 1. The molecule has 0 fully saturated rings. The maximum atomic E-state index is 13.1. The molecule has 6 nitrogen and oxygen atoms in total. The molecular formula is C14H15F3N4O2. The van der Waals surface area contributed by atoms with Gasteiger partial charge in [0.2, 0.25) is 5.91 Å². The summed E-state index contributed by atoms with van der Waals surface area (Å²) in [5, 5.41) is 6.29. The van der Waals surface area contributed by atoms with Gasteiger partial charge in [0.1, 0.15) is 24.4 Å². The number of carbonyl (C=O) groups excluding carboxylic acids is 1. The Bertz CT molecular complexity index is 671. The van der Waals surface area contributed by atoms with E-state index in [9.17, 15) is 18.0 Å². The van der Waals surface area contributed by atoms with Gasteiger partial charge in [-0.25, -0.2) is 9.67 Å². The van der Waals surface area contributed by atoms with E-state index in [0.29, 0.717) is 0 Å². The smallest absolute Gasteiger partial charge is 0.416 e. The number of amides is 1. The molecule has 0 bridgehead atoms. The Kier molecular flexibility index (Phi) is 4.87. The summed E-state index contributed by atoms with van der Waals surface area (Å²) in [6.07, 6.45) is -1.90. The lowest BCUT2D eigenvalue weighted by Gasteiger charge is -2.16. The topological polar surface area (TPSA) is 69.0 Å². The van der Waals surface area contributed by atoms with Crippen molar-refractivity contribution in [2.24, 2.45) is 0 Å². The van der Waals surface area contributed by atoms with Crippen LogP contribution in [-0.2, 0) is 17.5 Å². The first-order valence-electron chi connectivity index (χ1n) is 6.69. The average molecular weight is 328 g/mol. The van der Waals surface area contributed by atoms with Crippen molar-refractivity contribution in [3.8, 4) is 5.75 Å². The summed E-state index contributed by atoms with van der Waals surface area (Å²) < 4.78 is 45.4. The molecule has 0 spiro atoms. The Morgan fingerprint density at radius 3 is 2.74 bits per heavy atom. The van der Waals surface area contributed by atoms with E-state index in [4.69, 9.17) is 4.74 Å². The fourth-order valence-corrected chi connectivity index (χ4v) is 1.97. The lowest BCUT2D eigenvalue weighted by Crippen LogP contribution is -2.31. The van der Waals surface area contributed by atoms with Gasteiger partial charge in [-0.2, -0.15) is 18.3 Å². The summed E-state index contributed by atoms with van der Waals surface area (Å²) in [7, 11) is 1.29. The van der Waals surface area contributed by atoms with Crippen LogP contribution in [0.4, 0.5) is 13.2 Å². The zero-order chi connectivity index (χ0) is 17.0. The van der Waals surface area contributed by atoms with Gasteiger partial charge in [0.25, 0.3) is 0 Å². The van der Waals surface area contributed by atoms with Crippen LogP contribution >= 0.6 is 0 Å². The Hall–Kier alpha value is -2.58. The van der Waals surface area contributed by atoms with Crippen molar-refractivity contribution < 1.29 is 22.7 Å². The van der Waals surface area contributed by atoms with Gasteiger partial charge in [-0.15, -0.1) is 0 Å². The van der Waals surface area contributed by atoms with Crippen LogP contribution in [0.5, 0.6) is 5.75 Å². The van der Waals surface area contributed by atoms with E-state index in [1.807, 2.05) is 0 Å². The number of rotatable bonds is 5. The normalized spacial score (nSPS) is 12.7. The second kappa shape index (κ2) is 6.67. The molecule has 1 amide bonds. The molecule has 124 valence electrons. The molecule has 2 rings (SSSR count). The first-order chi connectivity index (χ1) is 10.8. The molecule has 1 aromatic carbocycles. The van der Waals surface area contributed by atoms with E-state index in [2.05, 4.69) is 15.4 Å².